The first-order chi connectivity index (χ1) is 26.7. The molecular weight excluding hydrogens is 661 g/mol. The van der Waals surface area contributed by atoms with E-state index in [2.05, 4.69) is 125 Å². The van der Waals surface area contributed by atoms with Gasteiger partial charge in [0.15, 0.2) is 5.82 Å². The zero-order chi connectivity index (χ0) is 35.8. The molecule has 252 valence electrons. The van der Waals surface area contributed by atoms with E-state index in [0.29, 0.717) is 5.82 Å². The van der Waals surface area contributed by atoms with Gasteiger partial charge in [0.25, 0.3) is 0 Å². The van der Waals surface area contributed by atoms with Crippen molar-refractivity contribution < 1.29 is 0 Å². The van der Waals surface area contributed by atoms with E-state index < -0.39 is 0 Å². The van der Waals surface area contributed by atoms with Crippen molar-refractivity contribution in [1.29, 1.82) is 0 Å². The van der Waals surface area contributed by atoms with Gasteiger partial charge >= 0.3 is 0 Å². The summed E-state index contributed by atoms with van der Waals surface area (Å²) >= 11 is 0. The maximum atomic E-state index is 5.23. The fourth-order valence-electron chi connectivity index (χ4n) is 7.01. The predicted molar refractivity (Wildman–Crippen MR) is 218 cm³/mol. The van der Waals surface area contributed by atoms with Crippen LogP contribution in [-0.2, 0) is 0 Å². The van der Waals surface area contributed by atoms with Crippen LogP contribution >= 0.6 is 0 Å². The molecule has 0 saturated heterocycles. The van der Waals surface area contributed by atoms with Gasteiger partial charge in [0.2, 0.25) is 0 Å². The van der Waals surface area contributed by atoms with Crippen molar-refractivity contribution in [2.24, 2.45) is 0 Å². The predicted octanol–water partition coefficient (Wildman–Crippen LogP) is 11.5. The molecule has 0 unspecified atom stereocenters. The minimum atomic E-state index is 0.612. The Balaban J connectivity index is 1.02. The summed E-state index contributed by atoms with van der Waals surface area (Å²) in [5.41, 5.74) is 12.2. The molecule has 0 spiro atoms. The van der Waals surface area contributed by atoms with Crippen LogP contribution in [0.5, 0.6) is 0 Å². The SMILES string of the molecule is c1cncc(-c2cc(-c3cccnc3)nc(-c3cccc(-c4ccc5ccc6ccc(-c7ccc(-c8ccc9ccccc9c8)cc7)nc6c5n4)c3)n2)c1. The average molecular weight is 691 g/mol. The topological polar surface area (TPSA) is 77.3 Å². The molecule has 0 aliphatic carbocycles. The summed E-state index contributed by atoms with van der Waals surface area (Å²) in [6.07, 6.45) is 7.16. The van der Waals surface area contributed by atoms with Gasteiger partial charge in [-0.05, 0) is 76.5 Å². The fourth-order valence-corrected chi connectivity index (χ4v) is 7.01. The van der Waals surface area contributed by atoms with Gasteiger partial charge in [-0.25, -0.2) is 19.9 Å². The van der Waals surface area contributed by atoms with E-state index in [9.17, 15) is 0 Å². The first kappa shape index (κ1) is 31.3. The number of hydrogen-bond acceptors (Lipinski definition) is 6. The van der Waals surface area contributed by atoms with Gasteiger partial charge in [-0.15, -0.1) is 0 Å². The van der Waals surface area contributed by atoms with Crippen LogP contribution < -0.4 is 0 Å². The molecular formula is C48H30N6. The highest BCUT2D eigenvalue weighted by atomic mass is 14.9. The molecule has 5 heterocycles. The molecule has 6 nitrogen and oxygen atoms in total. The standard InChI is InChI=1S/C48H30N6/c1-2-7-36-26-37(19-14-31(36)6-1)32-12-15-33(16-13-32)42-22-20-34-17-18-35-21-23-43(52-47(35)46(34)51-42)38-8-3-9-39(27-38)48-53-44(40-10-4-24-49-29-40)28-45(54-48)41-11-5-25-50-30-41/h1-30H. The highest BCUT2D eigenvalue weighted by molar-refractivity contribution is 6.04. The number of nitrogens with zero attached hydrogens (tertiary/aromatic N) is 6. The highest BCUT2D eigenvalue weighted by Crippen LogP contribution is 2.33. The third-order valence-corrected chi connectivity index (χ3v) is 9.84. The summed E-state index contributed by atoms with van der Waals surface area (Å²) < 4.78 is 0. The minimum Gasteiger partial charge on any atom is -0.264 e. The second-order valence-electron chi connectivity index (χ2n) is 13.3. The van der Waals surface area contributed by atoms with Crippen molar-refractivity contribution in [3.63, 3.8) is 0 Å². The lowest BCUT2D eigenvalue weighted by molar-refractivity contribution is 1.17. The summed E-state index contributed by atoms with van der Waals surface area (Å²) in [6.45, 7) is 0. The molecule has 0 fully saturated rings. The van der Waals surface area contributed by atoms with Crippen molar-refractivity contribution in [3.8, 4) is 67.5 Å². The molecule has 54 heavy (non-hydrogen) atoms. The maximum Gasteiger partial charge on any atom is 0.160 e. The van der Waals surface area contributed by atoms with Gasteiger partial charge in [-0.1, -0.05) is 103 Å². The van der Waals surface area contributed by atoms with Crippen LogP contribution in [0.3, 0.4) is 0 Å². The van der Waals surface area contributed by atoms with Crippen LogP contribution in [0.2, 0.25) is 0 Å². The molecule has 0 N–H and O–H groups in total. The first-order valence-corrected chi connectivity index (χ1v) is 17.8. The largest absolute Gasteiger partial charge is 0.264 e. The van der Waals surface area contributed by atoms with E-state index in [1.165, 1.54) is 21.9 Å². The Bertz CT molecular complexity index is 2920. The van der Waals surface area contributed by atoms with Crippen LogP contribution in [0.15, 0.2) is 183 Å². The third-order valence-electron chi connectivity index (χ3n) is 9.84. The Labute approximate surface area is 311 Å². The van der Waals surface area contributed by atoms with Crippen LogP contribution in [0.4, 0.5) is 0 Å². The summed E-state index contributed by atoms with van der Waals surface area (Å²) in [6, 6.07) is 54.4. The van der Waals surface area contributed by atoms with E-state index in [4.69, 9.17) is 19.9 Å². The fraction of sp³-hybridized carbons (Fsp3) is 0. The van der Waals surface area contributed by atoms with Crippen molar-refractivity contribution in [2.45, 2.75) is 0 Å². The van der Waals surface area contributed by atoms with Gasteiger partial charge in [0.05, 0.1) is 33.8 Å². The van der Waals surface area contributed by atoms with Crippen LogP contribution in [-0.4, -0.2) is 29.9 Å². The number of fused-ring (bicyclic) bond motifs is 4. The molecule has 0 aliphatic heterocycles. The first-order valence-electron chi connectivity index (χ1n) is 17.8. The second kappa shape index (κ2) is 13.3. The minimum absolute atomic E-state index is 0.612. The van der Waals surface area contributed by atoms with E-state index in [-0.39, 0.29) is 0 Å². The Hall–Kier alpha value is -7.44. The van der Waals surface area contributed by atoms with Crippen LogP contribution in [0.25, 0.3) is 100 Å². The Morgan fingerprint density at radius 3 is 1.46 bits per heavy atom. The molecule has 0 radical (unpaired) electrons. The molecule has 0 bridgehead atoms. The molecule has 0 amide bonds. The zero-order valence-electron chi connectivity index (χ0n) is 29.0. The summed E-state index contributed by atoms with van der Waals surface area (Å²) in [7, 11) is 0. The summed E-state index contributed by atoms with van der Waals surface area (Å²) in [4.78, 5) is 29.1. The molecule has 6 heteroatoms. The molecule has 0 saturated carbocycles. The monoisotopic (exact) mass is 690 g/mol. The summed E-state index contributed by atoms with van der Waals surface area (Å²) in [5.74, 6) is 0.612. The average Bonchev–Trinajstić information content (AvgIpc) is 3.26. The zero-order valence-corrected chi connectivity index (χ0v) is 29.0. The van der Waals surface area contributed by atoms with Crippen molar-refractivity contribution in [2.75, 3.05) is 0 Å². The number of benzene rings is 5. The molecule has 0 atom stereocenters. The van der Waals surface area contributed by atoms with E-state index >= 15 is 0 Å². The lowest BCUT2D eigenvalue weighted by atomic mass is 9.99. The number of hydrogen-bond donors (Lipinski definition) is 0. The van der Waals surface area contributed by atoms with E-state index in [1.54, 1.807) is 12.4 Å². The molecule has 5 aromatic heterocycles. The van der Waals surface area contributed by atoms with Crippen molar-refractivity contribution in [3.05, 3.63) is 183 Å². The number of aromatic nitrogens is 6. The van der Waals surface area contributed by atoms with Crippen molar-refractivity contribution in [1.82, 2.24) is 29.9 Å². The van der Waals surface area contributed by atoms with Crippen molar-refractivity contribution >= 4 is 32.6 Å². The van der Waals surface area contributed by atoms with Crippen LogP contribution in [0, 0.1) is 0 Å². The lowest BCUT2D eigenvalue weighted by Crippen LogP contribution is -1.97. The summed E-state index contributed by atoms with van der Waals surface area (Å²) in [5, 5.41) is 4.55. The third kappa shape index (κ3) is 5.91. The highest BCUT2D eigenvalue weighted by Gasteiger charge is 2.14. The van der Waals surface area contributed by atoms with Gasteiger partial charge in [-0.3, -0.25) is 9.97 Å². The van der Waals surface area contributed by atoms with Crippen LogP contribution in [0.1, 0.15) is 0 Å². The number of pyridine rings is 4. The second-order valence-corrected chi connectivity index (χ2v) is 13.3. The Morgan fingerprint density at radius 1 is 0.278 bits per heavy atom. The van der Waals surface area contributed by atoms with Gasteiger partial charge < -0.3 is 0 Å². The molecule has 10 rings (SSSR count). The van der Waals surface area contributed by atoms with Gasteiger partial charge in [0.1, 0.15) is 0 Å². The quantitative estimate of drug-likeness (QED) is 0.162. The molecule has 0 aliphatic rings. The Kier molecular flexibility index (Phi) is 7.69. The molecule has 5 aromatic carbocycles. The smallest absolute Gasteiger partial charge is 0.160 e. The van der Waals surface area contributed by atoms with Gasteiger partial charge in [-0.2, -0.15) is 0 Å². The van der Waals surface area contributed by atoms with E-state index in [1.807, 2.05) is 54.9 Å². The maximum absolute atomic E-state index is 5.23. The Morgan fingerprint density at radius 2 is 0.815 bits per heavy atom. The number of rotatable bonds is 6. The lowest BCUT2D eigenvalue weighted by Gasteiger charge is -2.11. The van der Waals surface area contributed by atoms with Gasteiger partial charge in [0, 0.05) is 63.4 Å². The normalized spacial score (nSPS) is 11.3. The molecule has 10 aromatic rings. The van der Waals surface area contributed by atoms with E-state index in [0.717, 1.165) is 72.4 Å².